The Kier molecular flexibility index (Phi) is 6.01. The molecule has 4 rings (SSSR count). The number of anilines is 1. The van der Waals surface area contributed by atoms with E-state index in [0.29, 0.717) is 17.3 Å². The van der Waals surface area contributed by atoms with E-state index in [-0.39, 0.29) is 12.0 Å². The molecule has 2 fully saturated rings. The molecule has 1 atom stereocenters. The summed E-state index contributed by atoms with van der Waals surface area (Å²) in [6.07, 6.45) is 4.87. The van der Waals surface area contributed by atoms with Crippen LogP contribution in [0.25, 0.3) is 0 Å². The maximum atomic E-state index is 12.4. The number of ether oxygens (including phenoxy) is 2. The van der Waals surface area contributed by atoms with Crippen molar-refractivity contribution in [2.75, 3.05) is 31.6 Å². The Hall–Kier alpha value is -1.96. The van der Waals surface area contributed by atoms with Gasteiger partial charge in [0.25, 0.3) is 5.91 Å². The van der Waals surface area contributed by atoms with E-state index in [1.54, 1.807) is 12.1 Å². The highest BCUT2D eigenvalue weighted by Gasteiger charge is 2.17. The van der Waals surface area contributed by atoms with E-state index in [0.717, 1.165) is 50.5 Å². The van der Waals surface area contributed by atoms with Gasteiger partial charge in [-0.1, -0.05) is 0 Å². The lowest BCUT2D eigenvalue weighted by Crippen LogP contribution is -2.18. The minimum absolute atomic E-state index is 0.150. The standard InChI is InChI=1S/C20H25N3O3S/c24-19(22-20-21-16(14-27-20)12-23-9-1-2-10-23)15-5-7-17(8-6-15)26-13-18-4-3-11-25-18/h5-8,14,18H,1-4,9-13H2,(H,21,22,24)/t18-/m1/s1. The van der Waals surface area contributed by atoms with Crippen molar-refractivity contribution in [1.29, 1.82) is 0 Å². The van der Waals surface area contributed by atoms with Crippen molar-refractivity contribution in [2.24, 2.45) is 0 Å². The first-order chi connectivity index (χ1) is 13.3. The smallest absolute Gasteiger partial charge is 0.257 e. The van der Waals surface area contributed by atoms with Gasteiger partial charge in [0.1, 0.15) is 12.4 Å². The topological polar surface area (TPSA) is 63.7 Å². The van der Waals surface area contributed by atoms with Gasteiger partial charge in [-0.05, 0) is 63.0 Å². The minimum atomic E-state index is -0.150. The van der Waals surface area contributed by atoms with Gasteiger partial charge in [0.2, 0.25) is 0 Å². The van der Waals surface area contributed by atoms with Gasteiger partial charge in [-0.2, -0.15) is 0 Å². The summed E-state index contributed by atoms with van der Waals surface area (Å²) in [5.74, 6) is 0.604. The molecule has 2 aliphatic heterocycles. The summed E-state index contributed by atoms with van der Waals surface area (Å²) in [7, 11) is 0. The lowest BCUT2D eigenvalue weighted by Gasteiger charge is -2.12. The second kappa shape index (κ2) is 8.82. The number of hydrogen-bond acceptors (Lipinski definition) is 6. The molecule has 0 unspecified atom stereocenters. The fraction of sp³-hybridized carbons (Fsp3) is 0.500. The zero-order chi connectivity index (χ0) is 18.5. The summed E-state index contributed by atoms with van der Waals surface area (Å²) in [5, 5.41) is 5.56. The third-order valence-corrected chi connectivity index (χ3v) is 5.74. The van der Waals surface area contributed by atoms with Crippen LogP contribution in [-0.2, 0) is 11.3 Å². The van der Waals surface area contributed by atoms with Gasteiger partial charge in [0.15, 0.2) is 5.13 Å². The van der Waals surface area contributed by atoms with Crippen LogP contribution >= 0.6 is 11.3 Å². The molecule has 1 amide bonds. The number of carbonyl (C=O) groups excluding carboxylic acids is 1. The summed E-state index contributed by atoms with van der Waals surface area (Å²) < 4.78 is 11.3. The Labute approximate surface area is 163 Å². The van der Waals surface area contributed by atoms with E-state index < -0.39 is 0 Å². The van der Waals surface area contributed by atoms with Gasteiger partial charge in [-0.3, -0.25) is 15.0 Å². The Bertz CT molecular complexity index is 750. The first-order valence-electron chi connectivity index (χ1n) is 9.59. The molecular weight excluding hydrogens is 362 g/mol. The SMILES string of the molecule is O=C(Nc1nc(CN2CCCC2)cs1)c1ccc(OC[C@H]2CCCO2)cc1. The predicted molar refractivity (Wildman–Crippen MR) is 105 cm³/mol. The molecule has 3 heterocycles. The van der Waals surface area contributed by atoms with E-state index in [1.807, 2.05) is 17.5 Å². The number of nitrogens with zero attached hydrogens (tertiary/aromatic N) is 2. The minimum Gasteiger partial charge on any atom is -0.491 e. The lowest BCUT2D eigenvalue weighted by atomic mass is 10.2. The third-order valence-electron chi connectivity index (χ3n) is 4.93. The van der Waals surface area contributed by atoms with Crippen molar-refractivity contribution in [1.82, 2.24) is 9.88 Å². The van der Waals surface area contributed by atoms with Gasteiger partial charge in [-0.15, -0.1) is 11.3 Å². The summed E-state index contributed by atoms with van der Waals surface area (Å²) in [4.78, 5) is 19.4. The normalized spacial score (nSPS) is 20.1. The first kappa shape index (κ1) is 18.4. The van der Waals surface area contributed by atoms with Crippen LogP contribution < -0.4 is 10.1 Å². The highest BCUT2D eigenvalue weighted by atomic mass is 32.1. The van der Waals surface area contributed by atoms with Crippen molar-refractivity contribution >= 4 is 22.4 Å². The number of benzene rings is 1. The number of hydrogen-bond donors (Lipinski definition) is 1. The molecular formula is C20H25N3O3S. The van der Waals surface area contributed by atoms with Gasteiger partial charge < -0.3 is 9.47 Å². The first-order valence-corrected chi connectivity index (χ1v) is 10.5. The average molecular weight is 388 g/mol. The molecule has 27 heavy (non-hydrogen) atoms. The van der Waals surface area contributed by atoms with Crippen LogP contribution in [-0.4, -0.2) is 48.2 Å². The second-order valence-electron chi connectivity index (χ2n) is 7.05. The molecule has 6 nitrogen and oxygen atoms in total. The molecule has 2 saturated heterocycles. The largest absolute Gasteiger partial charge is 0.491 e. The number of thiazole rings is 1. The summed E-state index contributed by atoms with van der Waals surface area (Å²) in [6.45, 7) is 4.53. The van der Waals surface area contributed by atoms with Crippen LogP contribution in [0.1, 0.15) is 41.7 Å². The van der Waals surface area contributed by atoms with Crippen LogP contribution in [0.3, 0.4) is 0 Å². The van der Waals surface area contributed by atoms with Crippen molar-refractivity contribution in [2.45, 2.75) is 38.3 Å². The maximum Gasteiger partial charge on any atom is 0.257 e. The van der Waals surface area contributed by atoms with Crippen molar-refractivity contribution in [3.63, 3.8) is 0 Å². The average Bonchev–Trinajstić information content (AvgIpc) is 3.44. The second-order valence-corrected chi connectivity index (χ2v) is 7.91. The summed E-state index contributed by atoms with van der Waals surface area (Å²) in [6, 6.07) is 7.20. The van der Waals surface area contributed by atoms with E-state index >= 15 is 0 Å². The number of rotatable bonds is 7. The number of likely N-dealkylation sites (tertiary alicyclic amines) is 1. The molecule has 0 radical (unpaired) electrons. The highest BCUT2D eigenvalue weighted by Crippen LogP contribution is 2.21. The van der Waals surface area contributed by atoms with Gasteiger partial charge >= 0.3 is 0 Å². The van der Waals surface area contributed by atoms with Crippen molar-refractivity contribution in [3.8, 4) is 5.75 Å². The summed E-state index contributed by atoms with van der Waals surface area (Å²) >= 11 is 1.47. The highest BCUT2D eigenvalue weighted by molar-refractivity contribution is 7.13. The van der Waals surface area contributed by atoms with Crippen LogP contribution in [0.5, 0.6) is 5.75 Å². The zero-order valence-electron chi connectivity index (χ0n) is 15.4. The van der Waals surface area contributed by atoms with Crippen LogP contribution in [0.4, 0.5) is 5.13 Å². The Morgan fingerprint density at radius 1 is 1.26 bits per heavy atom. The molecule has 1 N–H and O–H groups in total. The molecule has 144 valence electrons. The number of carbonyl (C=O) groups is 1. The van der Waals surface area contributed by atoms with Crippen LogP contribution in [0.15, 0.2) is 29.6 Å². The maximum absolute atomic E-state index is 12.4. The molecule has 2 aliphatic rings. The van der Waals surface area contributed by atoms with Gasteiger partial charge in [0.05, 0.1) is 11.8 Å². The van der Waals surface area contributed by atoms with Gasteiger partial charge in [0, 0.05) is 24.1 Å². The van der Waals surface area contributed by atoms with E-state index in [9.17, 15) is 4.79 Å². The summed E-state index contributed by atoms with van der Waals surface area (Å²) in [5.41, 5.74) is 1.62. The Balaban J connectivity index is 1.28. The van der Waals surface area contributed by atoms with Crippen LogP contribution in [0, 0.1) is 0 Å². The molecule has 1 aromatic carbocycles. The molecule has 2 aromatic rings. The van der Waals surface area contributed by atoms with E-state index in [4.69, 9.17) is 9.47 Å². The lowest BCUT2D eigenvalue weighted by molar-refractivity contribution is 0.0679. The fourth-order valence-corrected chi connectivity index (χ4v) is 4.14. The number of aromatic nitrogens is 1. The van der Waals surface area contributed by atoms with E-state index in [2.05, 4.69) is 15.2 Å². The quantitative estimate of drug-likeness (QED) is 0.787. The molecule has 7 heteroatoms. The molecule has 0 spiro atoms. The number of amides is 1. The molecule has 0 bridgehead atoms. The monoisotopic (exact) mass is 387 g/mol. The van der Waals surface area contributed by atoms with Gasteiger partial charge in [-0.25, -0.2) is 4.98 Å². The predicted octanol–water partition coefficient (Wildman–Crippen LogP) is 3.55. The Morgan fingerprint density at radius 3 is 2.81 bits per heavy atom. The van der Waals surface area contributed by atoms with Crippen LogP contribution in [0.2, 0.25) is 0 Å². The fourth-order valence-electron chi connectivity index (χ4n) is 3.44. The molecule has 1 aromatic heterocycles. The third kappa shape index (κ3) is 5.06. The molecule has 0 aliphatic carbocycles. The Morgan fingerprint density at radius 2 is 2.07 bits per heavy atom. The number of nitrogens with one attached hydrogen (secondary N) is 1. The van der Waals surface area contributed by atoms with Crippen molar-refractivity contribution in [3.05, 3.63) is 40.9 Å². The molecule has 0 saturated carbocycles. The van der Waals surface area contributed by atoms with E-state index in [1.165, 1.54) is 24.2 Å². The van der Waals surface area contributed by atoms with Crippen molar-refractivity contribution < 1.29 is 14.3 Å². The zero-order valence-corrected chi connectivity index (χ0v) is 16.2.